The molecule has 1 nitrogen and oxygen atoms in total. The molecule has 0 spiro atoms. The molecule has 1 aliphatic heterocycles. The molecule has 1 heterocycles. The lowest BCUT2D eigenvalue weighted by atomic mass is 10.3. The van der Waals surface area contributed by atoms with Gasteiger partial charge in [-0.15, -0.1) is 11.8 Å². The van der Waals surface area contributed by atoms with Crippen molar-refractivity contribution in [1.82, 2.24) is 0 Å². The molecule has 0 aliphatic carbocycles. The number of aliphatic imine (C=N–C) groups is 1. The number of halogens is 1. The number of alkyl halides is 1. The highest BCUT2D eigenvalue weighted by atomic mass is 79.9. The van der Waals surface area contributed by atoms with Gasteiger partial charge in [0.2, 0.25) is 0 Å². The van der Waals surface area contributed by atoms with E-state index in [1.807, 2.05) is 5.55 Å². The Bertz CT molecular complexity index is 103. The van der Waals surface area contributed by atoms with Crippen molar-refractivity contribution in [3.63, 3.8) is 0 Å². The van der Waals surface area contributed by atoms with Crippen LogP contribution < -0.4 is 0 Å². The highest BCUT2D eigenvalue weighted by Gasteiger charge is 2.15. The predicted molar refractivity (Wildman–Crippen MR) is 43.1 cm³/mol. The Morgan fingerprint density at radius 3 is 3.00 bits per heavy atom. The van der Waals surface area contributed by atoms with Crippen LogP contribution >= 0.6 is 27.7 Å². The van der Waals surface area contributed by atoms with Gasteiger partial charge in [-0.3, -0.25) is 4.99 Å². The van der Waals surface area contributed by atoms with Crippen LogP contribution in [0.15, 0.2) is 4.99 Å². The normalized spacial score (nSPS) is 31.0. The maximum atomic E-state index is 4.23. The van der Waals surface area contributed by atoms with Crippen LogP contribution in [0.4, 0.5) is 0 Å². The molecule has 46 valence electrons. The molecule has 1 rings (SSSR count). The first kappa shape index (κ1) is 6.62. The fourth-order valence-corrected chi connectivity index (χ4v) is 2.03. The maximum Gasteiger partial charge on any atom is 0.0722 e. The van der Waals surface area contributed by atoms with Gasteiger partial charge in [0.25, 0.3) is 0 Å². The van der Waals surface area contributed by atoms with Gasteiger partial charge < -0.3 is 0 Å². The molecule has 0 radical (unpaired) electrons. The minimum absolute atomic E-state index is 0.514. The summed E-state index contributed by atoms with van der Waals surface area (Å²) in [6.45, 7) is 2.13. The highest BCUT2D eigenvalue weighted by molar-refractivity contribution is 9.09. The van der Waals surface area contributed by atoms with Gasteiger partial charge in [-0.05, 0) is 0 Å². The first-order valence-electron chi connectivity index (χ1n) is 2.58. The average Bonchev–Trinajstić information content (AvgIpc) is 2.12. The number of nitrogens with zero attached hydrogens (tertiary/aromatic N) is 1. The summed E-state index contributed by atoms with van der Waals surface area (Å²) in [6.07, 6.45) is 0. The topological polar surface area (TPSA) is 12.4 Å². The third-order valence-corrected chi connectivity index (χ3v) is 2.54. The summed E-state index contributed by atoms with van der Waals surface area (Å²) in [4.78, 5) is 4.76. The van der Waals surface area contributed by atoms with Crippen LogP contribution in [0.5, 0.6) is 0 Å². The summed E-state index contributed by atoms with van der Waals surface area (Å²) >= 11 is 5.26. The van der Waals surface area contributed by atoms with Gasteiger partial charge >= 0.3 is 0 Å². The van der Waals surface area contributed by atoms with Crippen LogP contribution in [0.25, 0.3) is 0 Å². The largest absolute Gasteiger partial charge is 0.281 e. The molecular formula is C5H8BrNS. The van der Waals surface area contributed by atoms with Crippen molar-refractivity contribution in [3.8, 4) is 0 Å². The number of hydrogen-bond donors (Lipinski definition) is 0. The summed E-state index contributed by atoms with van der Waals surface area (Å²) in [5.74, 6) is 1.15. The monoisotopic (exact) mass is 193 g/mol. The van der Waals surface area contributed by atoms with E-state index in [4.69, 9.17) is 0 Å². The second kappa shape index (κ2) is 2.87. The molecule has 0 aromatic rings. The van der Waals surface area contributed by atoms with Crippen molar-refractivity contribution in [3.05, 3.63) is 0 Å². The van der Waals surface area contributed by atoms with E-state index in [9.17, 15) is 0 Å². The molecule has 2 unspecified atom stereocenters. The van der Waals surface area contributed by atoms with E-state index in [0.29, 0.717) is 10.9 Å². The fraction of sp³-hybridized carbons (Fsp3) is 0.800. The average molecular weight is 194 g/mol. The van der Waals surface area contributed by atoms with Gasteiger partial charge in [0.15, 0.2) is 0 Å². The van der Waals surface area contributed by atoms with E-state index >= 15 is 0 Å². The van der Waals surface area contributed by atoms with Crippen molar-refractivity contribution >= 4 is 33.2 Å². The predicted octanol–water partition coefficient (Wildman–Crippen LogP) is 1.91. The first-order chi connectivity index (χ1) is 3.80. The number of thioether (sulfide) groups is 1. The number of rotatable bonds is 1. The molecule has 0 bridgehead atoms. The minimum Gasteiger partial charge on any atom is -0.281 e. The van der Waals surface area contributed by atoms with Crippen molar-refractivity contribution in [2.45, 2.75) is 17.8 Å². The molecule has 0 saturated heterocycles. The van der Waals surface area contributed by atoms with Gasteiger partial charge in [-0.2, -0.15) is 0 Å². The van der Waals surface area contributed by atoms with Crippen molar-refractivity contribution < 1.29 is 0 Å². The van der Waals surface area contributed by atoms with Crippen LogP contribution in [0.2, 0.25) is 0 Å². The molecule has 0 N–H and O–H groups in total. The summed E-state index contributed by atoms with van der Waals surface area (Å²) in [5.41, 5.74) is 1.93. The summed E-state index contributed by atoms with van der Waals surface area (Å²) in [6, 6.07) is 0.514. The van der Waals surface area contributed by atoms with Gasteiger partial charge in [-0.25, -0.2) is 0 Å². The van der Waals surface area contributed by atoms with Gasteiger partial charge in [0.1, 0.15) is 0 Å². The zero-order valence-corrected chi connectivity index (χ0v) is 7.08. The molecule has 0 fully saturated rings. The van der Waals surface area contributed by atoms with Gasteiger partial charge in [0, 0.05) is 10.6 Å². The van der Waals surface area contributed by atoms with E-state index < -0.39 is 0 Å². The third-order valence-electron chi connectivity index (χ3n) is 1.12. The van der Waals surface area contributed by atoms with E-state index in [1.54, 1.807) is 11.8 Å². The summed E-state index contributed by atoms with van der Waals surface area (Å²) < 4.78 is 0. The Balaban J connectivity index is 2.36. The molecular weight excluding hydrogens is 186 g/mol. The zero-order valence-electron chi connectivity index (χ0n) is 4.67. The molecule has 1 aliphatic rings. The molecule has 0 amide bonds. The molecule has 0 aromatic carbocycles. The quantitative estimate of drug-likeness (QED) is 0.581. The van der Waals surface area contributed by atoms with Gasteiger partial charge in [0.05, 0.1) is 11.6 Å². The summed E-state index contributed by atoms with van der Waals surface area (Å²) in [7, 11) is 0. The molecule has 8 heavy (non-hydrogen) atoms. The van der Waals surface area contributed by atoms with Crippen LogP contribution in [0.3, 0.4) is 0 Å². The van der Waals surface area contributed by atoms with Crippen molar-refractivity contribution in [1.29, 1.82) is 0 Å². The lowest BCUT2D eigenvalue weighted by Crippen LogP contribution is -2.14. The highest BCUT2D eigenvalue weighted by Crippen LogP contribution is 2.18. The van der Waals surface area contributed by atoms with Crippen molar-refractivity contribution in [2.24, 2.45) is 4.99 Å². The van der Waals surface area contributed by atoms with E-state index in [-0.39, 0.29) is 0 Å². The van der Waals surface area contributed by atoms with Crippen LogP contribution in [-0.4, -0.2) is 22.2 Å². The fourth-order valence-electron chi connectivity index (χ4n) is 0.557. The van der Waals surface area contributed by atoms with E-state index in [0.717, 1.165) is 5.75 Å². The third kappa shape index (κ3) is 1.49. The second-order valence-corrected chi connectivity index (χ2v) is 4.15. The minimum atomic E-state index is 0.514. The Kier molecular flexibility index (Phi) is 2.38. The van der Waals surface area contributed by atoms with Crippen molar-refractivity contribution in [2.75, 3.05) is 5.75 Å². The second-order valence-electron chi connectivity index (χ2n) is 1.83. The van der Waals surface area contributed by atoms with E-state index in [2.05, 4.69) is 27.8 Å². The van der Waals surface area contributed by atoms with Crippen LogP contribution in [0, 0.1) is 0 Å². The maximum absolute atomic E-state index is 4.23. The van der Waals surface area contributed by atoms with Crippen LogP contribution in [-0.2, 0) is 0 Å². The SMILES string of the molecule is CC(Br)C1CSC=N1. The van der Waals surface area contributed by atoms with Crippen LogP contribution in [0.1, 0.15) is 6.92 Å². The zero-order chi connectivity index (χ0) is 5.98. The smallest absolute Gasteiger partial charge is 0.0722 e. The number of hydrogen-bond acceptors (Lipinski definition) is 2. The first-order valence-corrected chi connectivity index (χ1v) is 4.54. The standard InChI is InChI=1S/C5H8BrNS/c1-4(6)5-2-8-3-7-5/h3-5H,2H2,1H3. The Hall–Kier alpha value is 0.500. The Labute approximate surface area is 62.1 Å². The molecule has 2 atom stereocenters. The van der Waals surface area contributed by atoms with E-state index in [1.165, 1.54) is 0 Å². The molecule has 0 saturated carbocycles. The summed E-state index contributed by atoms with van der Waals surface area (Å²) in [5, 5.41) is 0. The molecule has 0 aromatic heterocycles. The van der Waals surface area contributed by atoms with Gasteiger partial charge in [-0.1, -0.05) is 22.9 Å². The lowest BCUT2D eigenvalue weighted by molar-refractivity contribution is 0.767. The molecule has 3 heteroatoms. The Morgan fingerprint density at radius 1 is 2.00 bits per heavy atom. The Morgan fingerprint density at radius 2 is 2.75 bits per heavy atom. The lowest BCUT2D eigenvalue weighted by Gasteiger charge is -2.06.